The highest BCUT2D eigenvalue weighted by Crippen LogP contribution is 2.22. The quantitative estimate of drug-likeness (QED) is 0.926. The van der Waals surface area contributed by atoms with Crippen LogP contribution in [0.25, 0.3) is 11.0 Å². The van der Waals surface area contributed by atoms with Crippen molar-refractivity contribution in [3.63, 3.8) is 0 Å². The second-order valence-electron chi connectivity index (χ2n) is 5.92. The van der Waals surface area contributed by atoms with Crippen LogP contribution in [0.3, 0.4) is 0 Å². The molecule has 1 fully saturated rings. The second kappa shape index (κ2) is 5.54. The summed E-state index contributed by atoms with van der Waals surface area (Å²) in [5.74, 6) is 1.63. The normalized spacial score (nSPS) is 18.6. The summed E-state index contributed by atoms with van der Waals surface area (Å²) in [5, 5.41) is 3.41. The Hall–Kier alpha value is -1.39. The third-order valence-corrected chi connectivity index (χ3v) is 4.44. The lowest BCUT2D eigenvalue weighted by molar-refractivity contribution is 0.230. The van der Waals surface area contributed by atoms with Gasteiger partial charge in [0.2, 0.25) is 0 Å². The predicted octanol–water partition coefficient (Wildman–Crippen LogP) is 1.89. The van der Waals surface area contributed by atoms with Gasteiger partial charge in [-0.3, -0.25) is 0 Å². The molecular weight excluding hydrogens is 248 g/mol. The lowest BCUT2D eigenvalue weighted by atomic mass is 10.00. The highest BCUT2D eigenvalue weighted by Gasteiger charge is 2.15. The number of fused-ring (bicyclic) bond motifs is 1. The van der Waals surface area contributed by atoms with Crippen molar-refractivity contribution in [3.8, 4) is 0 Å². The van der Waals surface area contributed by atoms with Crippen molar-refractivity contribution in [1.29, 1.82) is 0 Å². The largest absolute Gasteiger partial charge is 0.331 e. The van der Waals surface area contributed by atoms with Crippen LogP contribution in [0.1, 0.15) is 24.2 Å². The van der Waals surface area contributed by atoms with Crippen molar-refractivity contribution in [2.75, 3.05) is 32.7 Å². The highest BCUT2D eigenvalue weighted by molar-refractivity contribution is 5.76. The Labute approximate surface area is 120 Å². The molecule has 1 atom stereocenters. The van der Waals surface area contributed by atoms with E-state index in [2.05, 4.69) is 58.9 Å². The molecule has 0 spiro atoms. The molecule has 1 aromatic heterocycles. The summed E-state index contributed by atoms with van der Waals surface area (Å²) in [4.78, 5) is 7.19. The van der Waals surface area contributed by atoms with Gasteiger partial charge >= 0.3 is 0 Å². The molecule has 0 saturated carbocycles. The molecule has 1 unspecified atom stereocenters. The van der Waals surface area contributed by atoms with E-state index in [0.717, 1.165) is 44.1 Å². The van der Waals surface area contributed by atoms with Gasteiger partial charge in [0.1, 0.15) is 5.82 Å². The molecule has 0 radical (unpaired) electrons. The molecule has 0 amide bonds. The fourth-order valence-electron chi connectivity index (χ4n) is 3.03. The Bertz CT molecular complexity index is 596. The van der Waals surface area contributed by atoms with Gasteiger partial charge in [0.05, 0.1) is 11.0 Å². The monoisotopic (exact) mass is 272 g/mol. The average Bonchev–Trinajstić information content (AvgIpc) is 2.74. The van der Waals surface area contributed by atoms with E-state index in [0.29, 0.717) is 5.92 Å². The van der Waals surface area contributed by atoms with Gasteiger partial charge in [0.15, 0.2) is 0 Å². The third kappa shape index (κ3) is 2.58. The van der Waals surface area contributed by atoms with Crippen LogP contribution in [-0.4, -0.2) is 47.2 Å². The Kier molecular flexibility index (Phi) is 3.76. The zero-order valence-corrected chi connectivity index (χ0v) is 12.7. The number of hydrogen-bond donors (Lipinski definition) is 1. The smallest absolute Gasteiger partial charge is 0.106 e. The maximum absolute atomic E-state index is 4.64. The maximum atomic E-state index is 4.64. The molecule has 1 saturated heterocycles. The van der Waals surface area contributed by atoms with Gasteiger partial charge in [0.25, 0.3) is 0 Å². The minimum absolute atomic E-state index is 0.555. The van der Waals surface area contributed by atoms with Gasteiger partial charge in [-0.1, -0.05) is 13.0 Å². The number of aryl methyl sites for hydroxylation is 2. The number of nitrogens with one attached hydrogen (secondary N) is 1. The van der Waals surface area contributed by atoms with Crippen molar-refractivity contribution >= 4 is 11.0 Å². The molecule has 0 bridgehead atoms. The second-order valence-corrected chi connectivity index (χ2v) is 5.92. The highest BCUT2D eigenvalue weighted by atomic mass is 15.2. The average molecular weight is 272 g/mol. The third-order valence-electron chi connectivity index (χ3n) is 4.44. The summed E-state index contributed by atoms with van der Waals surface area (Å²) < 4.78 is 2.15. The number of nitrogens with zero attached hydrogens (tertiary/aromatic N) is 3. The minimum atomic E-state index is 0.555. The molecule has 2 aromatic rings. The molecule has 108 valence electrons. The SMILES string of the molecule is Cc1nc2cc(C(C)CN3CCNCC3)ccc2n1C. The predicted molar refractivity (Wildman–Crippen MR) is 83.2 cm³/mol. The van der Waals surface area contributed by atoms with Crippen molar-refractivity contribution in [3.05, 3.63) is 29.6 Å². The van der Waals surface area contributed by atoms with Gasteiger partial charge < -0.3 is 14.8 Å². The number of benzene rings is 1. The van der Waals surface area contributed by atoms with Gasteiger partial charge in [-0.25, -0.2) is 4.98 Å². The molecule has 1 N–H and O–H groups in total. The number of rotatable bonds is 3. The van der Waals surface area contributed by atoms with Crippen molar-refractivity contribution in [1.82, 2.24) is 19.8 Å². The van der Waals surface area contributed by atoms with Crippen molar-refractivity contribution in [2.24, 2.45) is 7.05 Å². The minimum Gasteiger partial charge on any atom is -0.331 e. The summed E-state index contributed by atoms with van der Waals surface area (Å²) in [7, 11) is 2.08. The van der Waals surface area contributed by atoms with E-state index < -0.39 is 0 Å². The Morgan fingerprint density at radius 2 is 2.05 bits per heavy atom. The fourth-order valence-corrected chi connectivity index (χ4v) is 3.03. The standard InChI is InChI=1S/C16H24N4/c1-12(11-20-8-6-17-7-9-20)14-4-5-16-15(10-14)18-13(2)19(16)3/h4-5,10,12,17H,6-9,11H2,1-3H3. The van der Waals surface area contributed by atoms with E-state index in [4.69, 9.17) is 0 Å². The molecule has 1 aliphatic rings. The number of aromatic nitrogens is 2. The first kappa shape index (κ1) is 13.6. The van der Waals surface area contributed by atoms with Gasteiger partial charge in [-0.15, -0.1) is 0 Å². The van der Waals surface area contributed by atoms with Crippen LogP contribution in [-0.2, 0) is 7.05 Å². The topological polar surface area (TPSA) is 33.1 Å². The van der Waals surface area contributed by atoms with E-state index in [1.54, 1.807) is 0 Å². The molecule has 2 heterocycles. The summed E-state index contributed by atoms with van der Waals surface area (Å²) in [6.07, 6.45) is 0. The first-order valence-electron chi connectivity index (χ1n) is 7.51. The maximum Gasteiger partial charge on any atom is 0.106 e. The van der Waals surface area contributed by atoms with Crippen LogP contribution in [0.5, 0.6) is 0 Å². The van der Waals surface area contributed by atoms with E-state index in [1.165, 1.54) is 11.1 Å². The summed E-state index contributed by atoms with van der Waals surface area (Å²) in [6, 6.07) is 6.73. The lowest BCUT2D eigenvalue weighted by Crippen LogP contribution is -2.44. The van der Waals surface area contributed by atoms with Crippen LogP contribution in [0.4, 0.5) is 0 Å². The molecule has 20 heavy (non-hydrogen) atoms. The van der Waals surface area contributed by atoms with Crippen LogP contribution < -0.4 is 5.32 Å². The van der Waals surface area contributed by atoms with E-state index in [-0.39, 0.29) is 0 Å². The van der Waals surface area contributed by atoms with Crippen LogP contribution in [0, 0.1) is 6.92 Å². The number of imidazole rings is 1. The Balaban J connectivity index is 1.78. The van der Waals surface area contributed by atoms with Crippen LogP contribution in [0.15, 0.2) is 18.2 Å². The summed E-state index contributed by atoms with van der Waals surface area (Å²) >= 11 is 0. The Morgan fingerprint density at radius 3 is 2.80 bits per heavy atom. The first-order chi connectivity index (χ1) is 9.65. The molecule has 4 nitrogen and oxygen atoms in total. The first-order valence-corrected chi connectivity index (χ1v) is 7.51. The number of piperazine rings is 1. The van der Waals surface area contributed by atoms with Crippen LogP contribution in [0.2, 0.25) is 0 Å². The molecule has 4 heteroatoms. The van der Waals surface area contributed by atoms with Crippen LogP contribution >= 0.6 is 0 Å². The molecule has 3 rings (SSSR count). The summed E-state index contributed by atoms with van der Waals surface area (Å²) in [5.41, 5.74) is 3.74. The van der Waals surface area contributed by atoms with Crippen molar-refractivity contribution in [2.45, 2.75) is 19.8 Å². The molecule has 1 aromatic carbocycles. The number of hydrogen-bond acceptors (Lipinski definition) is 3. The lowest BCUT2D eigenvalue weighted by Gasteiger charge is -2.29. The Morgan fingerprint density at radius 1 is 1.30 bits per heavy atom. The van der Waals surface area contributed by atoms with E-state index in [9.17, 15) is 0 Å². The summed E-state index contributed by atoms with van der Waals surface area (Å²) in [6.45, 7) is 10.1. The zero-order chi connectivity index (χ0) is 14.1. The zero-order valence-electron chi connectivity index (χ0n) is 12.7. The van der Waals surface area contributed by atoms with E-state index in [1.807, 2.05) is 0 Å². The molecule has 1 aliphatic heterocycles. The fraction of sp³-hybridized carbons (Fsp3) is 0.562. The molecular formula is C16H24N4. The van der Waals surface area contributed by atoms with E-state index >= 15 is 0 Å². The molecule has 0 aliphatic carbocycles. The van der Waals surface area contributed by atoms with Gasteiger partial charge in [-0.05, 0) is 30.5 Å². The van der Waals surface area contributed by atoms with Gasteiger partial charge in [0, 0.05) is 39.8 Å². The van der Waals surface area contributed by atoms with Crippen molar-refractivity contribution < 1.29 is 0 Å². The van der Waals surface area contributed by atoms with Gasteiger partial charge in [-0.2, -0.15) is 0 Å².